The molecule has 1 aliphatic rings. The van der Waals surface area contributed by atoms with E-state index in [1.165, 1.54) is 12.1 Å². The number of hydrogen-bond acceptors (Lipinski definition) is 6. The molecule has 4 N–H and O–H groups in total. The molecule has 2 heterocycles. The minimum Gasteiger partial charge on any atom is -0.506 e. The molecular weight excluding hydrogens is 351 g/mol. The van der Waals surface area contributed by atoms with Crippen LogP contribution in [0.1, 0.15) is 0 Å². The number of carbonyl (C=O) groups is 1. The Bertz CT molecular complexity index is 1050. The third-order valence-electron chi connectivity index (χ3n) is 3.75. The van der Waals surface area contributed by atoms with Crippen molar-refractivity contribution in [1.82, 2.24) is 9.71 Å². The highest BCUT2D eigenvalue weighted by atomic mass is 32.2. The predicted octanol–water partition coefficient (Wildman–Crippen LogP) is 1.44. The second-order valence-electron chi connectivity index (χ2n) is 5.34. The first-order valence-electron chi connectivity index (χ1n) is 7.11. The lowest BCUT2D eigenvalue weighted by atomic mass is 10.0. The molecule has 8 nitrogen and oxygen atoms in total. The van der Waals surface area contributed by atoms with Gasteiger partial charge in [-0.1, -0.05) is 6.07 Å². The molecule has 0 spiro atoms. The number of amides is 1. The molecule has 0 aliphatic carbocycles. The maximum Gasteiger partial charge on any atom is 0.292 e. The number of nitrogen functional groups attached to an aromatic ring is 1. The Labute approximate surface area is 142 Å². The average molecular weight is 362 g/mol. The fraction of sp³-hybridized carbons (Fsp3) is 0.0667. The van der Waals surface area contributed by atoms with E-state index in [1.807, 2.05) is 0 Å². The topological polar surface area (TPSA) is 122 Å². The van der Waals surface area contributed by atoms with E-state index in [4.69, 9.17) is 10.2 Å². The number of carbonyl (C=O) groups excluding carboxylic acids is 1. The number of oxazole rings is 1. The number of rotatable bonds is 2. The van der Waals surface area contributed by atoms with Crippen LogP contribution in [0.5, 0.6) is 5.75 Å². The molecule has 3 aromatic rings. The van der Waals surface area contributed by atoms with Crippen LogP contribution in [0.2, 0.25) is 0 Å². The van der Waals surface area contributed by atoms with Crippen molar-refractivity contribution in [2.75, 3.05) is 16.6 Å². The van der Waals surface area contributed by atoms with Gasteiger partial charge in [-0.25, -0.2) is 8.60 Å². The number of nitrogens with two attached hydrogens (primary N) is 1. The molecule has 0 bridgehead atoms. The number of phenolic OH excluding ortho intramolecular Hbond substituents is 1. The summed E-state index contributed by atoms with van der Waals surface area (Å²) in [6.07, 6.45) is 0. The van der Waals surface area contributed by atoms with Crippen molar-refractivity contribution in [1.29, 1.82) is 0 Å². The summed E-state index contributed by atoms with van der Waals surface area (Å²) in [4.78, 5) is 15.3. The van der Waals surface area contributed by atoms with Crippen LogP contribution in [0.15, 0.2) is 34.7 Å². The molecule has 1 fully saturated rings. The number of aromatic nitrogens is 1. The molecule has 0 saturated carbocycles. The molecule has 10 heteroatoms. The Kier molecular flexibility index (Phi) is 3.35. The van der Waals surface area contributed by atoms with Crippen molar-refractivity contribution in [3.8, 4) is 16.9 Å². The molecule has 25 heavy (non-hydrogen) atoms. The number of nitrogens with one attached hydrogen (secondary N) is 1. The van der Waals surface area contributed by atoms with E-state index in [-0.39, 0.29) is 23.8 Å². The molecule has 4 rings (SSSR count). The maximum absolute atomic E-state index is 15.0. The van der Waals surface area contributed by atoms with E-state index >= 15 is 4.39 Å². The molecule has 1 unspecified atom stereocenters. The van der Waals surface area contributed by atoms with E-state index in [2.05, 4.69) is 9.71 Å². The maximum atomic E-state index is 15.0. The van der Waals surface area contributed by atoms with Crippen molar-refractivity contribution in [3.63, 3.8) is 0 Å². The summed E-state index contributed by atoms with van der Waals surface area (Å²) >= 11 is -1.96. The molecule has 1 aromatic heterocycles. The lowest BCUT2D eigenvalue weighted by Crippen LogP contribution is -2.23. The Morgan fingerprint density at radius 2 is 2.16 bits per heavy atom. The van der Waals surface area contributed by atoms with Crippen LogP contribution in [0.25, 0.3) is 22.2 Å². The second-order valence-corrected chi connectivity index (χ2v) is 6.48. The molecule has 1 saturated heterocycles. The quantitative estimate of drug-likeness (QED) is 0.634. The third-order valence-corrected chi connectivity index (χ3v) is 4.86. The zero-order chi connectivity index (χ0) is 17.7. The second kappa shape index (κ2) is 5.45. The smallest absolute Gasteiger partial charge is 0.292 e. The highest BCUT2D eigenvalue weighted by molar-refractivity contribution is 7.85. The molecule has 0 radical (unpaired) electrons. The molecular formula is C15H11FN4O4S. The van der Waals surface area contributed by atoms with Crippen LogP contribution >= 0.6 is 0 Å². The van der Waals surface area contributed by atoms with Crippen molar-refractivity contribution >= 4 is 39.9 Å². The number of phenols is 1. The molecule has 2 aromatic carbocycles. The number of halogens is 1. The van der Waals surface area contributed by atoms with E-state index in [9.17, 15) is 14.1 Å². The lowest BCUT2D eigenvalue weighted by molar-refractivity contribution is -0.117. The first kappa shape index (κ1) is 15.4. The fourth-order valence-corrected chi connectivity index (χ4v) is 3.60. The largest absolute Gasteiger partial charge is 0.506 e. The summed E-state index contributed by atoms with van der Waals surface area (Å²) in [7, 11) is 0. The van der Waals surface area contributed by atoms with Gasteiger partial charge >= 0.3 is 0 Å². The molecule has 1 aliphatic heterocycles. The first-order valence-corrected chi connectivity index (χ1v) is 8.21. The zero-order valence-electron chi connectivity index (χ0n) is 12.5. The van der Waals surface area contributed by atoms with Crippen molar-refractivity contribution < 1.29 is 22.9 Å². The van der Waals surface area contributed by atoms with E-state index in [0.717, 1.165) is 4.31 Å². The third kappa shape index (κ3) is 2.47. The van der Waals surface area contributed by atoms with Crippen LogP contribution < -0.4 is 14.8 Å². The molecule has 1 atom stereocenters. The Morgan fingerprint density at radius 3 is 2.88 bits per heavy atom. The number of fused-ring (bicyclic) bond motifs is 1. The van der Waals surface area contributed by atoms with Crippen LogP contribution in [0.4, 0.5) is 16.1 Å². The molecule has 128 valence electrons. The van der Waals surface area contributed by atoms with E-state index in [0.29, 0.717) is 16.7 Å². The highest BCUT2D eigenvalue weighted by Crippen LogP contribution is 2.38. The summed E-state index contributed by atoms with van der Waals surface area (Å²) in [5.41, 5.74) is 6.68. The van der Waals surface area contributed by atoms with Gasteiger partial charge < -0.3 is 15.3 Å². The summed E-state index contributed by atoms with van der Waals surface area (Å²) in [5.74, 6) is -1.76. The van der Waals surface area contributed by atoms with Gasteiger partial charge in [0.2, 0.25) is 11.2 Å². The molecule has 1 amide bonds. The van der Waals surface area contributed by atoms with Crippen LogP contribution in [-0.4, -0.2) is 26.8 Å². The average Bonchev–Trinajstić information content (AvgIpc) is 3.08. The van der Waals surface area contributed by atoms with Gasteiger partial charge in [0, 0.05) is 5.56 Å². The number of aromatic hydroxyl groups is 1. The fourth-order valence-electron chi connectivity index (χ4n) is 2.66. The minimum absolute atomic E-state index is 0.00364. The number of hydrogen-bond donors (Lipinski definition) is 3. The zero-order valence-corrected chi connectivity index (χ0v) is 13.3. The summed E-state index contributed by atoms with van der Waals surface area (Å²) in [6, 6.07) is 7.44. The van der Waals surface area contributed by atoms with Crippen molar-refractivity contribution in [2.24, 2.45) is 0 Å². The highest BCUT2D eigenvalue weighted by Gasteiger charge is 2.32. The normalized spacial score (nSPS) is 17.2. The summed E-state index contributed by atoms with van der Waals surface area (Å²) in [6.45, 7) is -0.321. The van der Waals surface area contributed by atoms with Crippen LogP contribution in [0.3, 0.4) is 0 Å². The summed E-state index contributed by atoms with van der Waals surface area (Å²) < 4.78 is 35.3. The minimum atomic E-state index is -1.96. The van der Waals surface area contributed by atoms with Crippen molar-refractivity contribution in [3.05, 3.63) is 36.1 Å². The standard InChI is InChI=1S/C15H11FN4O4S/c16-13-8(7-1-3-9-11(5-7)24-15(17)18-9)2-4-10(21)14(13)20-6-12(22)19-25(20)23/h1-5,21H,6H2,(H2,17,18)(H,19,22). The predicted molar refractivity (Wildman–Crippen MR) is 89.1 cm³/mol. The van der Waals surface area contributed by atoms with E-state index < -0.39 is 28.6 Å². The van der Waals surface area contributed by atoms with Crippen LogP contribution in [0, 0.1) is 5.82 Å². The van der Waals surface area contributed by atoms with Gasteiger partial charge in [-0.3, -0.25) is 13.8 Å². The van der Waals surface area contributed by atoms with Gasteiger partial charge in [-0.15, -0.1) is 0 Å². The van der Waals surface area contributed by atoms with Crippen LogP contribution in [-0.2, 0) is 16.0 Å². The van der Waals surface area contributed by atoms with E-state index in [1.54, 1.807) is 18.2 Å². The number of anilines is 2. The van der Waals surface area contributed by atoms with Gasteiger partial charge in [0.05, 0.1) is 0 Å². The van der Waals surface area contributed by atoms with Gasteiger partial charge in [0.1, 0.15) is 23.5 Å². The Hall–Kier alpha value is -3.14. The van der Waals surface area contributed by atoms with Gasteiger partial charge in [-0.05, 0) is 29.8 Å². The van der Waals surface area contributed by atoms with Gasteiger partial charge in [-0.2, -0.15) is 4.98 Å². The van der Waals surface area contributed by atoms with Crippen molar-refractivity contribution in [2.45, 2.75) is 0 Å². The monoisotopic (exact) mass is 362 g/mol. The lowest BCUT2D eigenvalue weighted by Gasteiger charge is -2.18. The first-order chi connectivity index (χ1) is 11.9. The Morgan fingerprint density at radius 1 is 1.36 bits per heavy atom. The van der Waals surface area contributed by atoms with Gasteiger partial charge in [0.25, 0.3) is 11.9 Å². The number of nitrogens with zero attached hydrogens (tertiary/aromatic N) is 2. The SMILES string of the molecule is Nc1nc2ccc(-c3ccc(O)c(N4CC(=O)NS4=O)c3F)cc2o1. The Balaban J connectivity index is 1.86. The number of benzene rings is 2. The summed E-state index contributed by atoms with van der Waals surface area (Å²) in [5, 5.41) is 10.0. The van der Waals surface area contributed by atoms with Gasteiger partial charge in [0.15, 0.2) is 11.4 Å².